The molecule has 3 rings (SSSR count). The van der Waals surface area contributed by atoms with Gasteiger partial charge in [-0.2, -0.15) is 0 Å². The molecule has 3 aromatic rings. The van der Waals surface area contributed by atoms with Gasteiger partial charge in [-0.05, 0) is 43.3 Å². The number of rotatable bonds is 7. The lowest BCUT2D eigenvalue weighted by molar-refractivity contribution is -0.143. The Morgan fingerprint density at radius 2 is 1.97 bits per heavy atom. The van der Waals surface area contributed by atoms with Gasteiger partial charge in [-0.3, -0.25) is 9.59 Å². The molecule has 0 saturated heterocycles. The Labute approximate surface area is 191 Å². The van der Waals surface area contributed by atoms with Crippen LogP contribution in [-0.2, 0) is 16.6 Å². The highest BCUT2D eigenvalue weighted by Gasteiger charge is 2.23. The number of aromatic nitrogens is 1. The molecule has 0 aliphatic heterocycles. The van der Waals surface area contributed by atoms with Crippen molar-refractivity contribution < 1.29 is 28.2 Å². The van der Waals surface area contributed by atoms with Gasteiger partial charge in [0.2, 0.25) is 0 Å². The number of aryl methyl sites for hydroxylation is 1. The Morgan fingerprint density at radius 3 is 2.70 bits per heavy atom. The summed E-state index contributed by atoms with van der Waals surface area (Å²) in [6, 6.07) is 5.70. The van der Waals surface area contributed by atoms with E-state index in [1.165, 1.54) is 23.9 Å². The van der Waals surface area contributed by atoms with Crippen molar-refractivity contribution in [2.75, 3.05) is 11.9 Å². The Bertz CT molecular complexity index is 1240. The first kappa shape index (κ1) is 23.9. The molecule has 8 nitrogen and oxygen atoms in total. The fourth-order valence-corrected chi connectivity index (χ4v) is 4.10. The molecule has 0 saturated carbocycles. The molecule has 2 aromatic heterocycles. The normalized spacial score (nSPS) is 11.6. The van der Waals surface area contributed by atoms with E-state index in [4.69, 9.17) is 4.74 Å². The third kappa shape index (κ3) is 5.75. The van der Waals surface area contributed by atoms with E-state index in [0.717, 1.165) is 29.5 Å². The Morgan fingerprint density at radius 1 is 1.21 bits per heavy atom. The van der Waals surface area contributed by atoms with E-state index in [9.17, 15) is 28.3 Å². The summed E-state index contributed by atoms with van der Waals surface area (Å²) in [6.45, 7) is 1.77. The first-order valence-electron chi connectivity index (χ1n) is 9.86. The molecule has 33 heavy (non-hydrogen) atoms. The number of ether oxygens (including phenoxy) is 1. The molecule has 0 spiro atoms. The number of anilines is 1. The van der Waals surface area contributed by atoms with Crippen LogP contribution in [0.15, 0.2) is 47.4 Å². The van der Waals surface area contributed by atoms with Crippen molar-refractivity contribution in [3.8, 4) is 16.2 Å². The van der Waals surface area contributed by atoms with Crippen LogP contribution >= 0.6 is 11.3 Å². The van der Waals surface area contributed by atoms with E-state index in [-0.39, 0.29) is 24.3 Å². The predicted octanol–water partition coefficient (Wildman–Crippen LogP) is 3.91. The summed E-state index contributed by atoms with van der Waals surface area (Å²) < 4.78 is 33.9. The number of urea groups is 1. The fraction of sp³-hybridized carbons (Fsp3) is 0.227. The van der Waals surface area contributed by atoms with Crippen molar-refractivity contribution >= 4 is 29.0 Å². The summed E-state index contributed by atoms with van der Waals surface area (Å²) in [5.41, 5.74) is -0.920. The van der Waals surface area contributed by atoms with Gasteiger partial charge in [-0.25, -0.2) is 13.6 Å². The van der Waals surface area contributed by atoms with Crippen LogP contribution in [0.4, 0.5) is 19.3 Å². The minimum absolute atomic E-state index is 0.0447. The molecule has 0 aliphatic carbocycles. The average molecular weight is 477 g/mol. The number of nitrogens with one attached hydrogen (secondary N) is 2. The topological polar surface area (TPSA) is 110 Å². The van der Waals surface area contributed by atoms with Crippen LogP contribution in [0.3, 0.4) is 0 Å². The van der Waals surface area contributed by atoms with Crippen molar-refractivity contribution in [1.82, 2.24) is 9.88 Å². The summed E-state index contributed by atoms with van der Waals surface area (Å²) in [5, 5.41) is 14.8. The molecule has 3 N–H and O–H groups in total. The molecule has 0 aliphatic rings. The highest BCUT2D eigenvalue weighted by atomic mass is 32.1. The van der Waals surface area contributed by atoms with E-state index in [1.807, 2.05) is 0 Å². The Hall–Kier alpha value is -3.73. The second kappa shape index (κ2) is 10.3. The Kier molecular flexibility index (Phi) is 7.44. The molecule has 1 atom stereocenters. The molecule has 2 amide bonds. The van der Waals surface area contributed by atoms with Gasteiger partial charge in [0.1, 0.15) is 17.4 Å². The van der Waals surface area contributed by atoms with E-state index in [2.05, 4.69) is 10.6 Å². The highest BCUT2D eigenvalue weighted by molar-refractivity contribution is 7.15. The zero-order valence-corrected chi connectivity index (χ0v) is 18.5. The number of aromatic hydroxyl groups is 1. The third-order valence-electron chi connectivity index (χ3n) is 4.63. The van der Waals surface area contributed by atoms with E-state index in [0.29, 0.717) is 9.75 Å². The number of hydrogen-bond donors (Lipinski definition) is 3. The fourth-order valence-electron chi connectivity index (χ4n) is 3.03. The summed E-state index contributed by atoms with van der Waals surface area (Å²) in [5.74, 6) is -2.23. The van der Waals surface area contributed by atoms with Crippen molar-refractivity contribution in [3.63, 3.8) is 0 Å². The zero-order chi connectivity index (χ0) is 24.1. The van der Waals surface area contributed by atoms with Crippen molar-refractivity contribution in [1.29, 1.82) is 0 Å². The van der Waals surface area contributed by atoms with Crippen LogP contribution in [-0.4, -0.2) is 28.3 Å². The van der Waals surface area contributed by atoms with Crippen LogP contribution in [0.2, 0.25) is 0 Å². The molecule has 0 unspecified atom stereocenters. The number of halogens is 2. The lowest BCUT2D eigenvalue weighted by atomic mass is 10.1. The predicted molar refractivity (Wildman–Crippen MR) is 119 cm³/mol. The minimum Gasteiger partial charge on any atom is -0.505 e. The number of benzene rings is 1. The molecule has 11 heteroatoms. The molecule has 0 bridgehead atoms. The van der Waals surface area contributed by atoms with E-state index < -0.39 is 41.0 Å². The maximum Gasteiger partial charge on any atom is 0.320 e. The number of amides is 2. The second-order valence-electron chi connectivity index (χ2n) is 6.98. The van der Waals surface area contributed by atoms with Crippen molar-refractivity contribution in [3.05, 3.63) is 69.5 Å². The van der Waals surface area contributed by atoms with E-state index in [1.54, 1.807) is 19.1 Å². The molecule has 1 aromatic carbocycles. The Balaban J connectivity index is 1.87. The third-order valence-corrected chi connectivity index (χ3v) is 5.86. The number of carbonyl (C=O) groups excluding carboxylic acids is 2. The first-order valence-corrected chi connectivity index (χ1v) is 10.7. The number of nitrogens with zero attached hydrogens (tertiary/aromatic N) is 1. The molecule has 174 valence electrons. The van der Waals surface area contributed by atoms with Crippen LogP contribution in [0.25, 0.3) is 10.4 Å². The number of esters is 1. The van der Waals surface area contributed by atoms with E-state index >= 15 is 0 Å². The largest absolute Gasteiger partial charge is 0.505 e. The van der Waals surface area contributed by atoms with Crippen LogP contribution in [0, 0.1) is 11.6 Å². The zero-order valence-electron chi connectivity index (χ0n) is 17.7. The van der Waals surface area contributed by atoms with Gasteiger partial charge in [-0.1, -0.05) is 0 Å². The average Bonchev–Trinajstić information content (AvgIpc) is 3.25. The van der Waals surface area contributed by atoms with Gasteiger partial charge < -0.3 is 25.0 Å². The number of hydrogen-bond acceptors (Lipinski definition) is 6. The van der Waals surface area contributed by atoms with Crippen molar-refractivity contribution in [2.24, 2.45) is 7.05 Å². The molecular formula is C22H21F2N3O5S. The summed E-state index contributed by atoms with van der Waals surface area (Å²) in [7, 11) is 1.45. The molecular weight excluding hydrogens is 456 g/mol. The quantitative estimate of drug-likeness (QED) is 0.447. The maximum atomic E-state index is 14.2. The SMILES string of the molecule is CCOC(=O)C[C@H](NC(=O)Nc1c(O)ccn(C)c1=O)c1ccc(-c2cc(F)ccc2F)s1. The molecule has 0 fully saturated rings. The van der Waals surface area contributed by atoms with Gasteiger partial charge in [0.15, 0.2) is 5.69 Å². The van der Waals surface area contributed by atoms with Crippen LogP contribution < -0.4 is 16.2 Å². The second-order valence-corrected chi connectivity index (χ2v) is 8.09. The van der Waals surface area contributed by atoms with Crippen LogP contribution in [0.5, 0.6) is 5.75 Å². The summed E-state index contributed by atoms with van der Waals surface area (Å²) in [4.78, 5) is 37.7. The maximum absolute atomic E-state index is 14.2. The molecule has 0 radical (unpaired) electrons. The van der Waals surface area contributed by atoms with Crippen molar-refractivity contribution in [2.45, 2.75) is 19.4 Å². The highest BCUT2D eigenvalue weighted by Crippen LogP contribution is 2.34. The number of thiophene rings is 1. The lowest BCUT2D eigenvalue weighted by Gasteiger charge is -2.17. The molecule has 2 heterocycles. The van der Waals surface area contributed by atoms with Gasteiger partial charge >= 0.3 is 12.0 Å². The lowest BCUT2D eigenvalue weighted by Crippen LogP contribution is -2.35. The summed E-state index contributed by atoms with van der Waals surface area (Å²) >= 11 is 1.06. The smallest absolute Gasteiger partial charge is 0.320 e. The van der Waals surface area contributed by atoms with Gasteiger partial charge in [-0.15, -0.1) is 11.3 Å². The van der Waals surface area contributed by atoms with Crippen LogP contribution in [0.1, 0.15) is 24.3 Å². The minimum atomic E-state index is -0.894. The standard InChI is InChI=1S/C22H21F2N3O5S/c1-3-32-19(29)11-15(25-22(31)26-20-16(28)8-9-27(2)21(20)30)18-7-6-17(33-18)13-10-12(23)4-5-14(13)24/h4-10,15,28H,3,11H2,1-2H3,(H2,25,26,31)/t15-/m0/s1. The summed E-state index contributed by atoms with van der Waals surface area (Å²) in [6.07, 6.45) is 1.09. The number of pyridine rings is 1. The number of carbonyl (C=O) groups is 2. The van der Waals surface area contributed by atoms with Gasteiger partial charge in [0, 0.05) is 28.6 Å². The first-order chi connectivity index (χ1) is 15.7. The monoisotopic (exact) mass is 477 g/mol. The van der Waals surface area contributed by atoms with Gasteiger partial charge in [0.25, 0.3) is 5.56 Å². The van der Waals surface area contributed by atoms with Gasteiger partial charge in [0.05, 0.1) is 19.1 Å².